The first kappa shape index (κ1) is 44.9. The van der Waals surface area contributed by atoms with E-state index < -0.39 is 89.6 Å². The third-order valence-electron chi connectivity index (χ3n) is 10.3. The third-order valence-corrected chi connectivity index (χ3v) is 10.3. The van der Waals surface area contributed by atoms with Crippen molar-refractivity contribution in [3.05, 3.63) is 71.8 Å². The molecule has 1 aliphatic rings. The second-order valence-corrected chi connectivity index (χ2v) is 14.6. The maximum absolute atomic E-state index is 14.0. The topological polar surface area (TPSA) is 224 Å². The first-order valence-electron chi connectivity index (χ1n) is 19.6. The smallest absolute Gasteiger partial charge is 0.326 e. The summed E-state index contributed by atoms with van der Waals surface area (Å²) >= 11 is 0. The molecule has 3 rings (SSSR count). The molecule has 0 spiro atoms. The van der Waals surface area contributed by atoms with E-state index in [1.807, 2.05) is 67.6 Å². The Morgan fingerprint density at radius 1 is 0.750 bits per heavy atom. The number of hydrogen-bond acceptors (Lipinski definition) is 7. The first-order chi connectivity index (χ1) is 26.7. The first-order valence-corrected chi connectivity index (χ1v) is 19.6. The molecule has 15 heteroatoms. The van der Waals surface area contributed by atoms with Gasteiger partial charge >= 0.3 is 12.0 Å². The van der Waals surface area contributed by atoms with Crippen molar-refractivity contribution in [3.63, 3.8) is 0 Å². The van der Waals surface area contributed by atoms with Crippen LogP contribution >= 0.6 is 0 Å². The SMILES string of the molecule is CC[C@@H](C)[C@H](NC(=O)N[C@H]1CCCCNC(=O)[C@H](Cc2ccccc2)NC(=O)[C@H](C)NC(=O)[C@@H](CCc2ccccc2)NC(=O)[C@@H]([C@@H](C)CC)NC1=O)C(=O)O. The Kier molecular flexibility index (Phi) is 18.3. The van der Waals surface area contributed by atoms with Crippen molar-refractivity contribution >= 4 is 41.5 Å². The minimum atomic E-state index is -1.22. The molecule has 15 nitrogen and oxygen atoms in total. The van der Waals surface area contributed by atoms with E-state index in [2.05, 4.69) is 37.2 Å². The highest BCUT2D eigenvalue weighted by atomic mass is 16.4. The van der Waals surface area contributed by atoms with Crippen LogP contribution < -0.4 is 37.2 Å². The van der Waals surface area contributed by atoms with Crippen molar-refractivity contribution in [3.8, 4) is 0 Å². The van der Waals surface area contributed by atoms with E-state index in [0.29, 0.717) is 32.1 Å². The number of carboxylic acids is 1. The van der Waals surface area contributed by atoms with E-state index in [-0.39, 0.29) is 25.8 Å². The molecular weight excluding hydrogens is 718 g/mol. The second kappa shape index (κ2) is 22.8. The molecule has 2 aromatic rings. The van der Waals surface area contributed by atoms with Gasteiger partial charge in [-0.1, -0.05) is 101 Å². The second-order valence-electron chi connectivity index (χ2n) is 14.6. The molecule has 0 bridgehead atoms. The van der Waals surface area contributed by atoms with Crippen LogP contribution in [0.15, 0.2) is 60.7 Å². The zero-order valence-corrected chi connectivity index (χ0v) is 33.1. The average Bonchev–Trinajstić information content (AvgIpc) is 3.18. The summed E-state index contributed by atoms with van der Waals surface area (Å²) in [5.41, 5.74) is 1.72. The Labute approximate surface area is 329 Å². The van der Waals surface area contributed by atoms with E-state index in [4.69, 9.17) is 0 Å². The number of amides is 7. The van der Waals surface area contributed by atoms with Crippen LogP contribution in [0, 0.1) is 11.8 Å². The molecule has 8 atom stereocenters. The predicted octanol–water partition coefficient (Wildman–Crippen LogP) is 2.33. The lowest BCUT2D eigenvalue weighted by molar-refractivity contribution is -0.140. The molecule has 0 saturated carbocycles. The minimum absolute atomic E-state index is 0.0921. The number of aliphatic carboxylic acids is 1. The Balaban J connectivity index is 1.96. The van der Waals surface area contributed by atoms with Crippen LogP contribution in [-0.2, 0) is 41.6 Å². The van der Waals surface area contributed by atoms with Crippen molar-refractivity contribution in [2.45, 2.75) is 122 Å². The standard InChI is InChI=1S/C41H59N7O8/c1-6-25(3)33-39(53)44-31(22-21-28-16-10-8-11-17-28)37(51)43-27(5)35(49)45-32(24-29-18-12-9-13-19-29)36(50)42-23-15-14-20-30(38(52)47-33)46-41(56)48-34(40(54)55)26(4)7-2/h8-13,16-19,25-27,30-34H,6-7,14-15,20-24H2,1-5H3,(H,42,50)(H,43,51)(H,44,53)(H,45,49)(H,47,52)(H,54,55)(H2,46,48,56)/t25-,26+,27-,30-,31+,32-,33+,34-/m0/s1. The molecule has 2 aromatic carbocycles. The van der Waals surface area contributed by atoms with Gasteiger partial charge in [-0.25, -0.2) is 9.59 Å². The normalized spacial score (nSPS) is 23.5. The lowest BCUT2D eigenvalue weighted by atomic mass is 9.96. The molecule has 1 aliphatic heterocycles. The number of hydrogen-bond donors (Lipinski definition) is 8. The number of urea groups is 1. The van der Waals surface area contributed by atoms with Gasteiger partial charge in [-0.05, 0) is 62.0 Å². The van der Waals surface area contributed by atoms with Crippen molar-refractivity contribution in [2.75, 3.05) is 6.54 Å². The number of carbonyl (C=O) groups excluding carboxylic acids is 6. The highest BCUT2D eigenvalue weighted by molar-refractivity contribution is 5.96. The summed E-state index contributed by atoms with van der Waals surface area (Å²) in [7, 11) is 0. The van der Waals surface area contributed by atoms with Crippen molar-refractivity contribution < 1.29 is 38.7 Å². The van der Waals surface area contributed by atoms with Crippen molar-refractivity contribution in [1.82, 2.24) is 37.2 Å². The summed E-state index contributed by atoms with van der Waals surface area (Å²) < 4.78 is 0. The van der Waals surface area contributed by atoms with Gasteiger partial charge in [-0.2, -0.15) is 0 Å². The van der Waals surface area contributed by atoms with Gasteiger partial charge in [-0.3, -0.25) is 24.0 Å². The molecule has 0 aliphatic carbocycles. The average molecular weight is 778 g/mol. The van der Waals surface area contributed by atoms with Gasteiger partial charge in [0, 0.05) is 13.0 Å². The predicted molar refractivity (Wildman–Crippen MR) is 211 cm³/mol. The fourth-order valence-electron chi connectivity index (χ4n) is 6.28. The minimum Gasteiger partial charge on any atom is -0.480 e. The molecule has 306 valence electrons. The summed E-state index contributed by atoms with van der Waals surface area (Å²) in [6.07, 6.45) is 2.55. The molecule has 0 aromatic heterocycles. The Hall–Kier alpha value is -5.47. The van der Waals surface area contributed by atoms with E-state index >= 15 is 0 Å². The van der Waals surface area contributed by atoms with Gasteiger partial charge in [0.2, 0.25) is 29.5 Å². The third kappa shape index (κ3) is 14.3. The van der Waals surface area contributed by atoms with Crippen LogP contribution in [-0.4, -0.2) is 89.4 Å². The lowest BCUT2D eigenvalue weighted by Crippen LogP contribution is -2.60. The van der Waals surface area contributed by atoms with Crippen LogP contribution in [0.25, 0.3) is 0 Å². The van der Waals surface area contributed by atoms with Crippen LogP contribution in [0.2, 0.25) is 0 Å². The lowest BCUT2D eigenvalue weighted by Gasteiger charge is -2.29. The zero-order valence-electron chi connectivity index (χ0n) is 33.1. The van der Waals surface area contributed by atoms with Crippen LogP contribution in [0.3, 0.4) is 0 Å². The molecule has 0 unspecified atom stereocenters. The summed E-state index contributed by atoms with van der Waals surface area (Å²) in [4.78, 5) is 93.8. The number of benzene rings is 2. The summed E-state index contributed by atoms with van der Waals surface area (Å²) in [6.45, 7) is 8.80. The number of carbonyl (C=O) groups is 7. The van der Waals surface area contributed by atoms with Gasteiger partial charge in [0.1, 0.15) is 36.3 Å². The number of nitrogens with one attached hydrogen (secondary N) is 7. The molecular formula is C41H59N7O8. The maximum Gasteiger partial charge on any atom is 0.326 e. The molecule has 1 saturated heterocycles. The molecule has 56 heavy (non-hydrogen) atoms. The van der Waals surface area contributed by atoms with Gasteiger partial charge in [0.15, 0.2) is 0 Å². The number of carboxylic acid groups (broad SMARTS) is 1. The van der Waals surface area contributed by atoms with E-state index in [0.717, 1.165) is 11.1 Å². The fraction of sp³-hybridized carbons (Fsp3) is 0.537. The van der Waals surface area contributed by atoms with E-state index in [1.54, 1.807) is 20.8 Å². The quantitative estimate of drug-likeness (QED) is 0.159. The molecule has 7 amide bonds. The number of aryl methyl sites for hydroxylation is 1. The van der Waals surface area contributed by atoms with E-state index in [1.165, 1.54) is 6.92 Å². The van der Waals surface area contributed by atoms with Crippen LogP contribution in [0.4, 0.5) is 4.79 Å². The fourth-order valence-corrected chi connectivity index (χ4v) is 6.28. The van der Waals surface area contributed by atoms with Crippen LogP contribution in [0.1, 0.15) is 84.3 Å². The highest BCUT2D eigenvalue weighted by Gasteiger charge is 2.34. The summed E-state index contributed by atoms with van der Waals surface area (Å²) in [5.74, 6) is -4.97. The largest absolute Gasteiger partial charge is 0.480 e. The Bertz CT molecular complexity index is 1630. The number of rotatable bonds is 12. The van der Waals surface area contributed by atoms with Gasteiger partial charge in [0.25, 0.3) is 0 Å². The summed E-state index contributed by atoms with van der Waals surface area (Å²) in [5, 5.41) is 28.7. The monoisotopic (exact) mass is 777 g/mol. The molecule has 8 N–H and O–H groups in total. The Morgan fingerprint density at radius 3 is 1.98 bits per heavy atom. The maximum atomic E-state index is 14.0. The molecule has 1 heterocycles. The van der Waals surface area contributed by atoms with Crippen molar-refractivity contribution in [2.24, 2.45) is 11.8 Å². The van der Waals surface area contributed by atoms with Gasteiger partial charge in [0.05, 0.1) is 0 Å². The van der Waals surface area contributed by atoms with E-state index in [9.17, 15) is 38.7 Å². The molecule has 0 radical (unpaired) electrons. The Morgan fingerprint density at radius 2 is 1.38 bits per heavy atom. The van der Waals surface area contributed by atoms with Crippen molar-refractivity contribution in [1.29, 1.82) is 0 Å². The molecule has 1 fully saturated rings. The summed E-state index contributed by atoms with van der Waals surface area (Å²) in [6, 6.07) is 11.0. The highest BCUT2D eigenvalue weighted by Crippen LogP contribution is 2.14. The van der Waals surface area contributed by atoms with Gasteiger partial charge < -0.3 is 42.3 Å². The van der Waals surface area contributed by atoms with Gasteiger partial charge in [-0.15, -0.1) is 0 Å². The zero-order chi connectivity index (χ0) is 41.2. The van der Waals surface area contributed by atoms with Crippen LogP contribution in [0.5, 0.6) is 0 Å².